The second kappa shape index (κ2) is 8.46. The van der Waals surface area contributed by atoms with Gasteiger partial charge in [0.05, 0.1) is 26.9 Å². The first-order chi connectivity index (χ1) is 11.2. The van der Waals surface area contributed by atoms with E-state index < -0.39 is 0 Å². The molecule has 126 valence electrons. The number of benzene rings is 1. The molecule has 1 saturated carbocycles. The van der Waals surface area contributed by atoms with Gasteiger partial charge in [0.25, 0.3) is 0 Å². The van der Waals surface area contributed by atoms with Crippen LogP contribution < -0.4 is 14.2 Å². The van der Waals surface area contributed by atoms with Gasteiger partial charge in [-0.1, -0.05) is 6.42 Å². The first kappa shape index (κ1) is 17.2. The highest BCUT2D eigenvalue weighted by molar-refractivity contribution is 5.88. The molecule has 0 saturated heterocycles. The molecule has 0 N–H and O–H groups in total. The van der Waals surface area contributed by atoms with Crippen molar-refractivity contribution in [2.75, 3.05) is 21.3 Å². The fraction of sp³-hybridized carbons (Fsp3) is 0.500. The SMILES string of the molecule is COc1ccc(OC)c(OC)c1C=CC(=O)OC1CCCCC1. The predicted octanol–water partition coefficient (Wildman–Crippen LogP) is 3.60. The molecule has 1 fully saturated rings. The number of carbonyl (C=O) groups excluding carboxylic acids is 1. The summed E-state index contributed by atoms with van der Waals surface area (Å²) in [4.78, 5) is 12.0. The molecule has 0 heterocycles. The minimum Gasteiger partial charge on any atom is -0.496 e. The Morgan fingerprint density at radius 3 is 2.26 bits per heavy atom. The smallest absolute Gasteiger partial charge is 0.331 e. The highest BCUT2D eigenvalue weighted by Gasteiger charge is 2.17. The van der Waals surface area contributed by atoms with E-state index in [-0.39, 0.29) is 12.1 Å². The lowest BCUT2D eigenvalue weighted by Crippen LogP contribution is -2.19. The summed E-state index contributed by atoms with van der Waals surface area (Å²) in [5.74, 6) is 1.36. The number of carbonyl (C=O) groups is 1. The maximum atomic E-state index is 12.0. The summed E-state index contributed by atoms with van der Waals surface area (Å²) in [5.41, 5.74) is 0.648. The van der Waals surface area contributed by atoms with Gasteiger partial charge in [0.15, 0.2) is 11.5 Å². The van der Waals surface area contributed by atoms with Crippen LogP contribution in [0.1, 0.15) is 37.7 Å². The van der Waals surface area contributed by atoms with E-state index in [0.29, 0.717) is 22.8 Å². The van der Waals surface area contributed by atoms with E-state index in [1.54, 1.807) is 39.5 Å². The lowest BCUT2D eigenvalue weighted by Gasteiger charge is -2.21. The molecule has 1 aliphatic carbocycles. The number of esters is 1. The average molecular weight is 320 g/mol. The summed E-state index contributed by atoms with van der Waals surface area (Å²) in [7, 11) is 4.68. The molecule has 1 aliphatic rings. The van der Waals surface area contributed by atoms with Gasteiger partial charge < -0.3 is 18.9 Å². The molecule has 0 aromatic heterocycles. The highest BCUT2D eigenvalue weighted by atomic mass is 16.5. The molecule has 0 unspecified atom stereocenters. The molecule has 5 nitrogen and oxygen atoms in total. The van der Waals surface area contributed by atoms with Crippen LogP contribution in [0.15, 0.2) is 18.2 Å². The first-order valence-corrected chi connectivity index (χ1v) is 7.87. The second-order valence-electron chi connectivity index (χ2n) is 5.45. The minimum absolute atomic E-state index is 0.0370. The van der Waals surface area contributed by atoms with E-state index in [1.807, 2.05) is 0 Å². The third kappa shape index (κ3) is 4.41. The van der Waals surface area contributed by atoms with Gasteiger partial charge in [0, 0.05) is 6.08 Å². The van der Waals surface area contributed by atoms with Crippen molar-refractivity contribution in [1.82, 2.24) is 0 Å². The van der Waals surface area contributed by atoms with Gasteiger partial charge >= 0.3 is 5.97 Å². The van der Waals surface area contributed by atoms with Crippen LogP contribution in [0.5, 0.6) is 17.2 Å². The van der Waals surface area contributed by atoms with Crippen molar-refractivity contribution in [3.05, 3.63) is 23.8 Å². The van der Waals surface area contributed by atoms with Gasteiger partial charge in [0.2, 0.25) is 0 Å². The van der Waals surface area contributed by atoms with Crippen LogP contribution in [-0.4, -0.2) is 33.4 Å². The molecule has 2 rings (SSSR count). The van der Waals surface area contributed by atoms with Crippen molar-refractivity contribution >= 4 is 12.0 Å². The van der Waals surface area contributed by atoms with Crippen LogP contribution in [-0.2, 0) is 9.53 Å². The van der Waals surface area contributed by atoms with E-state index in [4.69, 9.17) is 18.9 Å². The third-order valence-corrected chi connectivity index (χ3v) is 3.99. The molecule has 0 spiro atoms. The quantitative estimate of drug-likeness (QED) is 0.592. The summed E-state index contributed by atoms with van der Waals surface area (Å²) >= 11 is 0. The Balaban J connectivity index is 2.15. The summed E-state index contributed by atoms with van der Waals surface area (Å²) in [5, 5.41) is 0. The third-order valence-electron chi connectivity index (χ3n) is 3.99. The van der Waals surface area contributed by atoms with Crippen molar-refractivity contribution in [2.45, 2.75) is 38.2 Å². The van der Waals surface area contributed by atoms with E-state index in [1.165, 1.54) is 12.5 Å². The van der Waals surface area contributed by atoms with Gasteiger partial charge in [-0.3, -0.25) is 0 Å². The van der Waals surface area contributed by atoms with Gasteiger partial charge in [-0.2, -0.15) is 0 Å². The molecular formula is C18H24O5. The Hall–Kier alpha value is -2.17. The van der Waals surface area contributed by atoms with Gasteiger partial charge in [-0.05, 0) is 43.9 Å². The first-order valence-electron chi connectivity index (χ1n) is 7.87. The second-order valence-corrected chi connectivity index (χ2v) is 5.45. The number of rotatable bonds is 6. The van der Waals surface area contributed by atoms with Crippen LogP contribution in [0.4, 0.5) is 0 Å². The molecule has 0 aliphatic heterocycles. The Morgan fingerprint density at radius 2 is 1.65 bits per heavy atom. The van der Waals surface area contributed by atoms with Gasteiger partial charge in [-0.15, -0.1) is 0 Å². The monoisotopic (exact) mass is 320 g/mol. The number of hydrogen-bond acceptors (Lipinski definition) is 5. The fourth-order valence-electron chi connectivity index (χ4n) is 2.81. The van der Waals surface area contributed by atoms with E-state index >= 15 is 0 Å². The molecule has 0 bridgehead atoms. The van der Waals surface area contributed by atoms with Crippen molar-refractivity contribution in [3.8, 4) is 17.2 Å². The van der Waals surface area contributed by atoms with Gasteiger partial charge in [0.1, 0.15) is 11.9 Å². The van der Waals surface area contributed by atoms with Crippen LogP contribution in [0.2, 0.25) is 0 Å². The van der Waals surface area contributed by atoms with E-state index in [9.17, 15) is 4.79 Å². The Kier molecular flexibility index (Phi) is 6.32. The standard InChI is InChI=1S/C18H24O5/c1-20-15-10-11-16(21-2)18(22-3)14(15)9-12-17(19)23-13-7-5-4-6-8-13/h9-13H,4-8H2,1-3H3. The van der Waals surface area contributed by atoms with Crippen LogP contribution in [0.3, 0.4) is 0 Å². The Labute approximate surface area is 137 Å². The van der Waals surface area contributed by atoms with Crippen molar-refractivity contribution < 1.29 is 23.7 Å². The van der Waals surface area contributed by atoms with Gasteiger partial charge in [-0.25, -0.2) is 4.79 Å². The molecule has 5 heteroatoms. The van der Waals surface area contributed by atoms with Crippen molar-refractivity contribution in [3.63, 3.8) is 0 Å². The maximum absolute atomic E-state index is 12.0. The van der Waals surface area contributed by atoms with Crippen molar-refractivity contribution in [1.29, 1.82) is 0 Å². The van der Waals surface area contributed by atoms with Crippen LogP contribution in [0, 0.1) is 0 Å². The minimum atomic E-state index is -0.344. The summed E-state index contributed by atoms with van der Waals surface area (Å²) in [6, 6.07) is 3.53. The fourth-order valence-corrected chi connectivity index (χ4v) is 2.81. The zero-order chi connectivity index (χ0) is 16.7. The zero-order valence-corrected chi connectivity index (χ0v) is 14.0. The van der Waals surface area contributed by atoms with E-state index in [0.717, 1.165) is 25.7 Å². The van der Waals surface area contributed by atoms with E-state index in [2.05, 4.69) is 0 Å². The zero-order valence-electron chi connectivity index (χ0n) is 14.0. The summed E-state index contributed by atoms with van der Waals surface area (Å²) in [6.45, 7) is 0. The maximum Gasteiger partial charge on any atom is 0.331 e. The Morgan fingerprint density at radius 1 is 1.00 bits per heavy atom. The highest BCUT2D eigenvalue weighted by Crippen LogP contribution is 2.38. The number of methoxy groups -OCH3 is 3. The average Bonchev–Trinajstić information content (AvgIpc) is 2.59. The molecule has 23 heavy (non-hydrogen) atoms. The Bertz CT molecular complexity index is 559. The normalized spacial score (nSPS) is 15.4. The largest absolute Gasteiger partial charge is 0.496 e. The molecule has 0 radical (unpaired) electrons. The molecule has 1 aromatic rings. The lowest BCUT2D eigenvalue weighted by molar-refractivity contribution is -0.144. The van der Waals surface area contributed by atoms with Crippen LogP contribution >= 0.6 is 0 Å². The lowest BCUT2D eigenvalue weighted by atomic mass is 9.98. The predicted molar refractivity (Wildman–Crippen MR) is 88.1 cm³/mol. The topological polar surface area (TPSA) is 54.0 Å². The molecular weight excluding hydrogens is 296 g/mol. The summed E-state index contributed by atoms with van der Waals surface area (Å²) in [6.07, 6.45) is 8.46. The molecule has 0 amide bonds. The number of hydrogen-bond donors (Lipinski definition) is 0. The number of ether oxygens (including phenoxy) is 4. The summed E-state index contributed by atoms with van der Waals surface area (Å²) < 4.78 is 21.5. The van der Waals surface area contributed by atoms with Crippen LogP contribution in [0.25, 0.3) is 6.08 Å². The molecule has 1 aromatic carbocycles. The molecule has 0 atom stereocenters. The van der Waals surface area contributed by atoms with Crippen molar-refractivity contribution in [2.24, 2.45) is 0 Å².